The Labute approximate surface area is 156 Å². The molecule has 2 aromatic carbocycles. The first-order valence-corrected chi connectivity index (χ1v) is 10.9. The first kappa shape index (κ1) is 17.6. The van der Waals surface area contributed by atoms with Gasteiger partial charge in [-0.3, -0.25) is 0 Å². The van der Waals surface area contributed by atoms with Crippen LogP contribution in [0.3, 0.4) is 0 Å². The fraction of sp³-hybridized carbons (Fsp3) is 0.429. The number of hydrogen-bond acceptors (Lipinski definition) is 4. The quantitative estimate of drug-likeness (QED) is 0.892. The molecule has 0 aliphatic carbocycles. The number of hydrogen-bond donors (Lipinski definition) is 1. The third kappa shape index (κ3) is 3.03. The van der Waals surface area contributed by atoms with Crippen molar-refractivity contribution in [1.29, 1.82) is 0 Å². The maximum atomic E-state index is 13.0. The summed E-state index contributed by atoms with van der Waals surface area (Å²) in [7, 11) is -3.48. The van der Waals surface area contributed by atoms with Crippen molar-refractivity contribution in [2.75, 3.05) is 25.0 Å². The largest absolute Gasteiger partial charge is 0.381 e. The maximum absolute atomic E-state index is 13.0. The average Bonchev–Trinajstić information content (AvgIpc) is 2.86. The smallest absolute Gasteiger partial charge is 0.206 e. The number of benzene rings is 2. The molecule has 4 rings (SSSR count). The van der Waals surface area contributed by atoms with Crippen molar-refractivity contribution < 1.29 is 8.42 Å². The Morgan fingerprint density at radius 1 is 1.04 bits per heavy atom. The molecule has 2 atom stereocenters. The van der Waals surface area contributed by atoms with Gasteiger partial charge in [0.1, 0.15) is 0 Å². The summed E-state index contributed by atoms with van der Waals surface area (Å²) in [6.45, 7) is 7.42. The summed E-state index contributed by atoms with van der Waals surface area (Å²) in [6, 6.07) is 13.1. The molecule has 0 amide bonds. The third-order valence-corrected chi connectivity index (χ3v) is 7.62. The molecule has 2 aliphatic rings. The number of sulfone groups is 1. The Bertz CT molecular complexity index is 906. The molecule has 1 fully saturated rings. The SMILES string of the molecule is CCN1CCC2Nc3ccc(S(=O)(=O)c4ccc(C)cc4)cc3[C@@H]2CC1. The number of nitrogens with zero attached hydrogens (tertiary/aromatic N) is 1. The number of fused-ring (bicyclic) bond motifs is 3. The maximum Gasteiger partial charge on any atom is 0.206 e. The first-order valence-electron chi connectivity index (χ1n) is 9.43. The molecule has 4 nitrogen and oxygen atoms in total. The van der Waals surface area contributed by atoms with Gasteiger partial charge in [0.05, 0.1) is 9.79 Å². The van der Waals surface area contributed by atoms with Gasteiger partial charge >= 0.3 is 0 Å². The molecule has 2 aliphatic heterocycles. The van der Waals surface area contributed by atoms with E-state index < -0.39 is 9.84 Å². The minimum Gasteiger partial charge on any atom is -0.381 e. The van der Waals surface area contributed by atoms with Crippen molar-refractivity contribution in [2.24, 2.45) is 0 Å². The summed E-state index contributed by atoms with van der Waals surface area (Å²) in [5.41, 5.74) is 3.33. The summed E-state index contributed by atoms with van der Waals surface area (Å²) in [5.74, 6) is 0.398. The molecule has 1 unspecified atom stereocenters. The Morgan fingerprint density at radius 3 is 2.46 bits per heavy atom. The number of aryl methyl sites for hydroxylation is 1. The topological polar surface area (TPSA) is 49.4 Å². The van der Waals surface area contributed by atoms with Crippen LogP contribution in [0, 0.1) is 6.92 Å². The Hall–Kier alpha value is -1.85. The standard InChI is InChI=1S/C21H26N2O2S/c1-3-23-12-10-18-19-14-17(8-9-20(19)22-21(18)11-13-23)26(24,25)16-6-4-15(2)5-7-16/h4-9,14,18,21-22H,3,10-13H2,1-2H3/t18-,21?/m0/s1. The Kier molecular flexibility index (Phi) is 4.53. The molecule has 0 bridgehead atoms. The lowest BCUT2D eigenvalue weighted by molar-refractivity contribution is 0.298. The fourth-order valence-electron chi connectivity index (χ4n) is 4.22. The third-order valence-electron chi connectivity index (χ3n) is 5.85. The van der Waals surface area contributed by atoms with E-state index in [1.54, 1.807) is 18.2 Å². The second kappa shape index (κ2) is 6.71. The molecule has 2 heterocycles. The van der Waals surface area contributed by atoms with Gasteiger partial charge in [-0.1, -0.05) is 24.6 Å². The zero-order chi connectivity index (χ0) is 18.3. The fourth-order valence-corrected chi connectivity index (χ4v) is 5.51. The van der Waals surface area contributed by atoms with Gasteiger partial charge in [-0.15, -0.1) is 0 Å². The van der Waals surface area contributed by atoms with Crippen LogP contribution in [0.2, 0.25) is 0 Å². The minimum atomic E-state index is -3.48. The van der Waals surface area contributed by atoms with Crippen molar-refractivity contribution >= 4 is 15.5 Å². The lowest BCUT2D eigenvalue weighted by atomic mass is 9.91. The molecule has 5 heteroatoms. The highest BCUT2D eigenvalue weighted by molar-refractivity contribution is 7.91. The van der Waals surface area contributed by atoms with E-state index in [4.69, 9.17) is 0 Å². The minimum absolute atomic E-state index is 0.364. The van der Waals surface area contributed by atoms with E-state index in [2.05, 4.69) is 17.1 Å². The van der Waals surface area contributed by atoms with Crippen LogP contribution in [-0.4, -0.2) is 39.0 Å². The van der Waals surface area contributed by atoms with E-state index in [0.29, 0.717) is 21.8 Å². The lowest BCUT2D eigenvalue weighted by Crippen LogP contribution is -2.25. The zero-order valence-electron chi connectivity index (χ0n) is 15.4. The van der Waals surface area contributed by atoms with Gasteiger partial charge in [-0.25, -0.2) is 8.42 Å². The van der Waals surface area contributed by atoms with E-state index >= 15 is 0 Å². The first-order chi connectivity index (χ1) is 12.5. The van der Waals surface area contributed by atoms with E-state index in [1.807, 2.05) is 31.2 Å². The highest BCUT2D eigenvalue weighted by atomic mass is 32.2. The molecule has 0 aromatic heterocycles. The van der Waals surface area contributed by atoms with Gasteiger partial charge in [0.25, 0.3) is 0 Å². The molecule has 1 N–H and O–H groups in total. The van der Waals surface area contributed by atoms with Gasteiger partial charge in [0, 0.05) is 24.2 Å². The second-order valence-electron chi connectivity index (χ2n) is 7.43. The summed E-state index contributed by atoms with van der Waals surface area (Å²) in [4.78, 5) is 3.25. The molecular weight excluding hydrogens is 344 g/mol. The van der Waals surface area contributed by atoms with Crippen molar-refractivity contribution in [2.45, 2.75) is 48.4 Å². The number of likely N-dealkylation sites (tertiary alicyclic amines) is 1. The molecule has 26 heavy (non-hydrogen) atoms. The summed E-state index contributed by atoms with van der Waals surface area (Å²) in [5, 5.41) is 3.63. The van der Waals surface area contributed by atoms with Crippen molar-refractivity contribution in [1.82, 2.24) is 4.90 Å². The van der Waals surface area contributed by atoms with Crippen LogP contribution < -0.4 is 5.32 Å². The predicted molar refractivity (Wildman–Crippen MR) is 105 cm³/mol. The van der Waals surface area contributed by atoms with Crippen molar-refractivity contribution in [3.05, 3.63) is 53.6 Å². The molecule has 0 saturated carbocycles. The number of rotatable bonds is 3. The van der Waals surface area contributed by atoms with Gasteiger partial charge in [0.15, 0.2) is 0 Å². The van der Waals surface area contributed by atoms with Crippen LogP contribution >= 0.6 is 0 Å². The van der Waals surface area contributed by atoms with Crippen molar-refractivity contribution in [3.8, 4) is 0 Å². The molecule has 2 aromatic rings. The van der Waals surface area contributed by atoms with E-state index in [-0.39, 0.29) is 0 Å². The van der Waals surface area contributed by atoms with Crippen LogP contribution in [0.1, 0.15) is 36.8 Å². The predicted octanol–water partition coefficient (Wildman–Crippen LogP) is 3.82. The number of nitrogens with one attached hydrogen (secondary N) is 1. The van der Waals surface area contributed by atoms with E-state index in [0.717, 1.165) is 43.7 Å². The Morgan fingerprint density at radius 2 is 1.73 bits per heavy atom. The highest BCUT2D eigenvalue weighted by Gasteiger charge is 2.35. The van der Waals surface area contributed by atoms with E-state index in [1.165, 1.54) is 5.56 Å². The van der Waals surface area contributed by atoms with E-state index in [9.17, 15) is 8.42 Å². The second-order valence-corrected chi connectivity index (χ2v) is 9.38. The summed E-state index contributed by atoms with van der Waals surface area (Å²) >= 11 is 0. The lowest BCUT2D eigenvalue weighted by Gasteiger charge is -2.17. The Balaban J connectivity index is 1.68. The molecular formula is C21H26N2O2S. The molecule has 138 valence electrons. The van der Waals surface area contributed by atoms with Crippen LogP contribution in [0.25, 0.3) is 0 Å². The molecule has 1 saturated heterocycles. The highest BCUT2D eigenvalue weighted by Crippen LogP contribution is 2.42. The van der Waals surface area contributed by atoms with Gasteiger partial charge in [0.2, 0.25) is 9.84 Å². The van der Waals surface area contributed by atoms with Crippen LogP contribution in [0.5, 0.6) is 0 Å². The average molecular weight is 371 g/mol. The molecule has 0 spiro atoms. The normalized spacial score (nSPS) is 23.0. The zero-order valence-corrected chi connectivity index (χ0v) is 16.2. The van der Waals surface area contributed by atoms with Crippen LogP contribution in [0.15, 0.2) is 52.3 Å². The van der Waals surface area contributed by atoms with Gasteiger partial charge in [-0.05, 0) is 68.8 Å². The van der Waals surface area contributed by atoms with Crippen LogP contribution in [0.4, 0.5) is 5.69 Å². The van der Waals surface area contributed by atoms with Gasteiger partial charge < -0.3 is 10.2 Å². The summed E-state index contributed by atoms with van der Waals surface area (Å²) in [6.07, 6.45) is 2.18. The number of anilines is 1. The van der Waals surface area contributed by atoms with Crippen LogP contribution in [-0.2, 0) is 9.84 Å². The monoisotopic (exact) mass is 370 g/mol. The van der Waals surface area contributed by atoms with Gasteiger partial charge in [-0.2, -0.15) is 0 Å². The van der Waals surface area contributed by atoms with Crippen molar-refractivity contribution in [3.63, 3.8) is 0 Å². The summed E-state index contributed by atoms with van der Waals surface area (Å²) < 4.78 is 26.1. The molecule has 0 radical (unpaired) electrons.